The van der Waals surface area contributed by atoms with Gasteiger partial charge in [-0.3, -0.25) is 4.79 Å². The summed E-state index contributed by atoms with van der Waals surface area (Å²) < 4.78 is 0. The van der Waals surface area contributed by atoms with Crippen molar-refractivity contribution in [2.75, 3.05) is 6.61 Å². The van der Waals surface area contributed by atoms with E-state index in [0.717, 1.165) is 0 Å². The maximum absolute atomic E-state index is 9.65. The quantitative estimate of drug-likeness (QED) is 0.553. The number of rotatable bonds is 3. The second kappa shape index (κ2) is 10.2. The van der Waals surface area contributed by atoms with Crippen LogP contribution in [-0.2, 0) is 9.59 Å². The van der Waals surface area contributed by atoms with Crippen LogP contribution in [0, 0.1) is 0 Å². The molecular weight excluding hydrogens is 124 g/mol. The zero-order chi connectivity index (χ0) is 7.70. The first-order chi connectivity index (χ1) is 4.27. The zero-order valence-corrected chi connectivity index (χ0v) is 5.04. The van der Waals surface area contributed by atoms with Crippen molar-refractivity contribution in [3.63, 3.8) is 0 Å². The Morgan fingerprint density at radius 3 is 2.00 bits per heavy atom. The summed E-state index contributed by atoms with van der Waals surface area (Å²) in [5, 5.41) is 16.0. The van der Waals surface area contributed by atoms with Gasteiger partial charge in [-0.1, -0.05) is 0 Å². The molecule has 0 saturated heterocycles. The molecule has 0 aromatic rings. The van der Waals surface area contributed by atoms with Crippen molar-refractivity contribution < 1.29 is 19.8 Å². The van der Waals surface area contributed by atoms with E-state index in [-0.39, 0.29) is 13.0 Å². The predicted octanol–water partition coefficient (Wildman–Crippen LogP) is -0.341. The SMILES string of the molecule is C=O.O=C(O)CCCO. The third kappa shape index (κ3) is 19.2. The maximum atomic E-state index is 9.65. The number of aliphatic carboxylic acids is 1. The summed E-state index contributed by atoms with van der Waals surface area (Å²) in [5.41, 5.74) is 0. The molecule has 54 valence electrons. The Labute approximate surface area is 53.1 Å². The van der Waals surface area contributed by atoms with Gasteiger partial charge in [0.2, 0.25) is 0 Å². The molecule has 4 nitrogen and oxygen atoms in total. The van der Waals surface area contributed by atoms with Crippen LogP contribution < -0.4 is 0 Å². The van der Waals surface area contributed by atoms with E-state index >= 15 is 0 Å². The molecule has 0 amide bonds. The number of carbonyl (C=O) groups excluding carboxylic acids is 1. The predicted molar refractivity (Wildman–Crippen MR) is 31.1 cm³/mol. The molecule has 0 spiro atoms. The van der Waals surface area contributed by atoms with E-state index < -0.39 is 5.97 Å². The second-order valence-corrected chi connectivity index (χ2v) is 1.22. The van der Waals surface area contributed by atoms with Gasteiger partial charge in [0.15, 0.2) is 0 Å². The number of hydrogen-bond acceptors (Lipinski definition) is 3. The number of carbonyl (C=O) groups is 2. The fourth-order valence-corrected chi connectivity index (χ4v) is 0.230. The van der Waals surface area contributed by atoms with Crippen molar-refractivity contribution >= 4 is 12.8 Å². The molecule has 0 fully saturated rings. The Hall–Kier alpha value is -0.900. The molecule has 0 unspecified atom stereocenters. The Morgan fingerprint density at radius 1 is 1.44 bits per heavy atom. The van der Waals surface area contributed by atoms with Gasteiger partial charge in [-0.15, -0.1) is 0 Å². The molecule has 0 atom stereocenters. The lowest BCUT2D eigenvalue weighted by molar-refractivity contribution is -0.137. The first-order valence-electron chi connectivity index (χ1n) is 2.39. The van der Waals surface area contributed by atoms with Gasteiger partial charge >= 0.3 is 5.97 Å². The normalized spacial score (nSPS) is 7.22. The van der Waals surface area contributed by atoms with E-state index in [1.54, 1.807) is 0 Å². The van der Waals surface area contributed by atoms with Gasteiger partial charge < -0.3 is 15.0 Å². The molecule has 0 aliphatic rings. The van der Waals surface area contributed by atoms with Crippen LogP contribution in [0.1, 0.15) is 12.8 Å². The van der Waals surface area contributed by atoms with Gasteiger partial charge in [0.1, 0.15) is 6.79 Å². The molecule has 0 radical (unpaired) electrons. The van der Waals surface area contributed by atoms with Gasteiger partial charge in [-0.05, 0) is 6.42 Å². The van der Waals surface area contributed by atoms with E-state index in [4.69, 9.17) is 15.0 Å². The van der Waals surface area contributed by atoms with Crippen molar-refractivity contribution in [2.24, 2.45) is 0 Å². The summed E-state index contributed by atoms with van der Waals surface area (Å²) >= 11 is 0. The molecule has 0 heterocycles. The molecule has 0 aliphatic carbocycles. The first-order valence-corrected chi connectivity index (χ1v) is 2.39. The van der Waals surface area contributed by atoms with Gasteiger partial charge in [-0.2, -0.15) is 0 Å². The number of aliphatic hydroxyl groups excluding tert-OH is 1. The minimum atomic E-state index is -0.853. The summed E-state index contributed by atoms with van der Waals surface area (Å²) in [7, 11) is 0. The van der Waals surface area contributed by atoms with Crippen LogP contribution in [0.4, 0.5) is 0 Å². The largest absolute Gasteiger partial charge is 0.481 e. The van der Waals surface area contributed by atoms with E-state index in [0.29, 0.717) is 6.42 Å². The summed E-state index contributed by atoms with van der Waals surface area (Å²) in [6, 6.07) is 0. The summed E-state index contributed by atoms with van der Waals surface area (Å²) in [6.07, 6.45) is 0.422. The Balaban J connectivity index is 0. The highest BCUT2D eigenvalue weighted by atomic mass is 16.4. The molecule has 2 N–H and O–H groups in total. The number of aliphatic hydroxyl groups is 1. The van der Waals surface area contributed by atoms with E-state index in [9.17, 15) is 4.79 Å². The van der Waals surface area contributed by atoms with Gasteiger partial charge in [0.05, 0.1) is 0 Å². The molecule has 0 aromatic heterocycles. The van der Waals surface area contributed by atoms with Crippen molar-refractivity contribution in [1.82, 2.24) is 0 Å². The van der Waals surface area contributed by atoms with Crippen molar-refractivity contribution in [3.05, 3.63) is 0 Å². The fraction of sp³-hybridized carbons (Fsp3) is 0.600. The lowest BCUT2D eigenvalue weighted by Crippen LogP contribution is -1.95. The van der Waals surface area contributed by atoms with Crippen LogP contribution in [-0.4, -0.2) is 29.6 Å². The van der Waals surface area contributed by atoms with Gasteiger partial charge in [-0.25, -0.2) is 0 Å². The summed E-state index contributed by atoms with van der Waals surface area (Å²) in [6.45, 7) is 1.96. The molecular formula is C5H10O4. The molecule has 4 heteroatoms. The fourth-order valence-electron chi connectivity index (χ4n) is 0.230. The van der Waals surface area contributed by atoms with E-state index in [1.165, 1.54) is 0 Å². The van der Waals surface area contributed by atoms with E-state index in [2.05, 4.69) is 0 Å². The lowest BCUT2D eigenvalue weighted by Gasteiger charge is -1.85. The third-order valence-electron chi connectivity index (χ3n) is 0.549. The summed E-state index contributed by atoms with van der Waals surface area (Å²) in [5.74, 6) is -0.853. The molecule has 0 rings (SSSR count). The Bertz CT molecular complexity index is 71.4. The first kappa shape index (κ1) is 11.0. The Kier molecular flexibility index (Phi) is 12.4. The van der Waals surface area contributed by atoms with Crippen molar-refractivity contribution in [2.45, 2.75) is 12.8 Å². The van der Waals surface area contributed by atoms with Crippen LogP contribution in [0.15, 0.2) is 0 Å². The highest BCUT2D eigenvalue weighted by Crippen LogP contribution is 1.83. The average molecular weight is 134 g/mol. The number of hydrogen-bond donors (Lipinski definition) is 2. The van der Waals surface area contributed by atoms with Crippen molar-refractivity contribution in [1.29, 1.82) is 0 Å². The van der Waals surface area contributed by atoms with Gasteiger partial charge in [0.25, 0.3) is 0 Å². The highest BCUT2D eigenvalue weighted by molar-refractivity contribution is 5.66. The van der Waals surface area contributed by atoms with Crippen LogP contribution in [0.25, 0.3) is 0 Å². The third-order valence-corrected chi connectivity index (χ3v) is 0.549. The molecule has 0 aromatic carbocycles. The maximum Gasteiger partial charge on any atom is 0.303 e. The molecule has 9 heavy (non-hydrogen) atoms. The van der Waals surface area contributed by atoms with Crippen molar-refractivity contribution in [3.8, 4) is 0 Å². The number of carboxylic acids is 1. The van der Waals surface area contributed by atoms with Crippen LogP contribution >= 0.6 is 0 Å². The Morgan fingerprint density at radius 2 is 1.89 bits per heavy atom. The molecule has 0 aliphatic heterocycles. The monoisotopic (exact) mass is 134 g/mol. The summed E-state index contributed by atoms with van der Waals surface area (Å²) in [4.78, 5) is 17.6. The standard InChI is InChI=1S/C4H8O3.CH2O/c5-3-1-2-4(6)7;1-2/h5H,1-3H2,(H,6,7);1H2. The van der Waals surface area contributed by atoms with Crippen LogP contribution in [0.2, 0.25) is 0 Å². The van der Waals surface area contributed by atoms with E-state index in [1.807, 2.05) is 6.79 Å². The molecule has 0 saturated carbocycles. The minimum absolute atomic E-state index is 0.0354. The lowest BCUT2D eigenvalue weighted by atomic mass is 10.3. The van der Waals surface area contributed by atoms with Crippen LogP contribution in [0.3, 0.4) is 0 Å². The second-order valence-electron chi connectivity index (χ2n) is 1.22. The average Bonchev–Trinajstić information content (AvgIpc) is 1.88. The highest BCUT2D eigenvalue weighted by Gasteiger charge is 1.91. The smallest absolute Gasteiger partial charge is 0.303 e. The van der Waals surface area contributed by atoms with Crippen LogP contribution in [0.5, 0.6) is 0 Å². The van der Waals surface area contributed by atoms with Gasteiger partial charge in [0, 0.05) is 13.0 Å². The number of carboxylic acid groups (broad SMARTS) is 1. The topological polar surface area (TPSA) is 74.6 Å². The molecule has 0 bridgehead atoms. The zero-order valence-electron chi connectivity index (χ0n) is 5.04. The minimum Gasteiger partial charge on any atom is -0.481 e.